The highest BCUT2D eigenvalue weighted by Crippen LogP contribution is 2.42. The van der Waals surface area contributed by atoms with Crippen LogP contribution in [0.1, 0.15) is 89.5 Å². The molecule has 29 heavy (non-hydrogen) atoms. The predicted molar refractivity (Wildman–Crippen MR) is 112 cm³/mol. The molecule has 2 fully saturated rings. The maximum absolute atomic E-state index is 13.7. The number of rotatable bonds is 7. The first-order valence-electron chi connectivity index (χ1n) is 11.6. The van der Waals surface area contributed by atoms with Gasteiger partial charge in [-0.05, 0) is 63.2 Å². The first kappa shape index (κ1) is 22.2. The predicted octanol–water partition coefficient (Wildman–Crippen LogP) is 7.37. The molecular weight excluding hydrogens is 370 g/mol. The van der Waals surface area contributed by atoms with Crippen LogP contribution in [0.25, 0.3) is 0 Å². The number of esters is 1. The highest BCUT2D eigenvalue weighted by Gasteiger charge is 2.33. The number of ether oxygens (including phenoxy) is 1. The molecule has 162 valence electrons. The highest BCUT2D eigenvalue weighted by atomic mass is 19.1. The second-order valence-corrected chi connectivity index (χ2v) is 9.32. The van der Waals surface area contributed by atoms with Crippen LogP contribution >= 0.6 is 0 Å². The summed E-state index contributed by atoms with van der Waals surface area (Å²) in [5.74, 6) is 0.594. The molecule has 1 aromatic rings. The lowest BCUT2D eigenvalue weighted by molar-refractivity contribution is -0.140. The summed E-state index contributed by atoms with van der Waals surface area (Å²) >= 11 is 0. The molecule has 2 nitrogen and oxygen atoms in total. The van der Waals surface area contributed by atoms with E-state index in [0.717, 1.165) is 55.6 Å². The quantitative estimate of drug-likeness (QED) is 0.268. The van der Waals surface area contributed by atoms with E-state index in [4.69, 9.17) is 4.74 Å². The van der Waals surface area contributed by atoms with Crippen LogP contribution < -0.4 is 4.74 Å². The van der Waals surface area contributed by atoms with Crippen molar-refractivity contribution in [3.05, 3.63) is 29.3 Å². The van der Waals surface area contributed by atoms with Crippen LogP contribution in [-0.4, -0.2) is 5.97 Å². The molecule has 0 heterocycles. The van der Waals surface area contributed by atoms with Gasteiger partial charge in [0.25, 0.3) is 0 Å². The van der Waals surface area contributed by atoms with Crippen molar-refractivity contribution in [2.24, 2.45) is 23.7 Å². The van der Waals surface area contributed by atoms with Crippen LogP contribution in [0, 0.1) is 42.2 Å². The van der Waals surface area contributed by atoms with Crippen molar-refractivity contribution in [1.82, 2.24) is 0 Å². The van der Waals surface area contributed by atoms with Crippen LogP contribution in [0.5, 0.6) is 5.75 Å². The Morgan fingerprint density at radius 1 is 0.931 bits per heavy atom. The zero-order valence-electron chi connectivity index (χ0n) is 18.0. The van der Waals surface area contributed by atoms with E-state index in [2.05, 4.69) is 6.92 Å². The van der Waals surface area contributed by atoms with Gasteiger partial charge in [-0.3, -0.25) is 4.79 Å². The van der Waals surface area contributed by atoms with Crippen molar-refractivity contribution < 1.29 is 18.3 Å². The van der Waals surface area contributed by atoms with Gasteiger partial charge in [-0.2, -0.15) is 0 Å². The Kier molecular flexibility index (Phi) is 8.08. The van der Waals surface area contributed by atoms with Gasteiger partial charge in [0.05, 0.1) is 5.92 Å². The van der Waals surface area contributed by atoms with Crippen molar-refractivity contribution in [2.45, 2.75) is 90.9 Å². The summed E-state index contributed by atoms with van der Waals surface area (Å²) in [7, 11) is 0. The Hall–Kier alpha value is -1.45. The Bertz CT molecular complexity index is 648. The van der Waals surface area contributed by atoms with Gasteiger partial charge in [0.15, 0.2) is 0 Å². The Morgan fingerprint density at radius 2 is 1.48 bits per heavy atom. The van der Waals surface area contributed by atoms with Crippen molar-refractivity contribution in [3.63, 3.8) is 0 Å². The first-order chi connectivity index (χ1) is 14.0. The number of hydrogen-bond donors (Lipinski definition) is 0. The molecule has 0 amide bonds. The number of halogens is 2. The van der Waals surface area contributed by atoms with Gasteiger partial charge in [-0.1, -0.05) is 45.4 Å². The van der Waals surface area contributed by atoms with Gasteiger partial charge in [0.1, 0.15) is 17.4 Å². The molecule has 0 atom stereocenters. The summed E-state index contributed by atoms with van der Waals surface area (Å²) in [5.41, 5.74) is -0.0506. The van der Waals surface area contributed by atoms with Gasteiger partial charge in [-0.15, -0.1) is 0 Å². The minimum Gasteiger partial charge on any atom is -0.426 e. The lowest BCUT2D eigenvalue weighted by Crippen LogP contribution is -2.30. The van der Waals surface area contributed by atoms with Gasteiger partial charge in [-0.25, -0.2) is 8.78 Å². The van der Waals surface area contributed by atoms with E-state index < -0.39 is 11.6 Å². The molecule has 0 aliphatic heterocycles. The summed E-state index contributed by atoms with van der Waals surface area (Å²) in [5, 5.41) is 0. The van der Waals surface area contributed by atoms with Gasteiger partial charge < -0.3 is 4.74 Å². The topological polar surface area (TPSA) is 26.3 Å². The van der Waals surface area contributed by atoms with Crippen LogP contribution in [0.2, 0.25) is 0 Å². The second-order valence-electron chi connectivity index (χ2n) is 9.32. The Morgan fingerprint density at radius 3 is 2.03 bits per heavy atom. The number of carbonyl (C=O) groups is 1. The minimum absolute atomic E-state index is 0.0286. The normalized spacial score (nSPS) is 27.6. The van der Waals surface area contributed by atoms with Gasteiger partial charge in [0, 0.05) is 17.7 Å². The molecule has 2 aliphatic rings. The van der Waals surface area contributed by atoms with Gasteiger partial charge >= 0.3 is 5.97 Å². The zero-order chi connectivity index (χ0) is 20.8. The standard InChI is InChI=1S/C25H36F2O2/c1-3-4-5-6-18-7-9-19(10-8-18)20-11-13-21(14-12-20)25(28)29-22-15-23(26)17(2)24(27)16-22/h15-16,18-21H,3-14H2,1-2H3. The van der Waals surface area contributed by atoms with Crippen LogP contribution in [0.4, 0.5) is 8.78 Å². The monoisotopic (exact) mass is 406 g/mol. The number of benzene rings is 1. The summed E-state index contributed by atoms with van der Waals surface area (Å²) in [6.45, 7) is 3.64. The lowest BCUT2D eigenvalue weighted by atomic mass is 9.68. The maximum atomic E-state index is 13.7. The van der Waals surface area contributed by atoms with E-state index in [1.807, 2.05) is 0 Å². The van der Waals surface area contributed by atoms with Crippen molar-refractivity contribution in [2.75, 3.05) is 0 Å². The summed E-state index contributed by atoms with van der Waals surface area (Å²) < 4.78 is 32.6. The number of hydrogen-bond acceptors (Lipinski definition) is 2. The van der Waals surface area contributed by atoms with Crippen molar-refractivity contribution in [3.8, 4) is 5.75 Å². The fourth-order valence-corrected chi connectivity index (χ4v) is 5.34. The summed E-state index contributed by atoms with van der Waals surface area (Å²) in [6.07, 6.45) is 14.7. The van der Waals surface area contributed by atoms with E-state index in [0.29, 0.717) is 0 Å². The summed E-state index contributed by atoms with van der Waals surface area (Å²) in [6, 6.07) is 2.20. The zero-order valence-corrected chi connectivity index (χ0v) is 18.0. The number of unbranched alkanes of at least 4 members (excludes halogenated alkanes) is 2. The highest BCUT2D eigenvalue weighted by molar-refractivity contribution is 5.75. The molecule has 0 saturated heterocycles. The second kappa shape index (κ2) is 10.5. The minimum atomic E-state index is -0.679. The van der Waals surface area contributed by atoms with E-state index >= 15 is 0 Å². The molecule has 0 bridgehead atoms. The Balaban J connectivity index is 1.42. The molecule has 0 unspecified atom stereocenters. The maximum Gasteiger partial charge on any atom is 0.314 e. The SMILES string of the molecule is CCCCCC1CCC(C2CCC(C(=O)Oc3cc(F)c(C)c(F)c3)CC2)CC1. The molecule has 2 aliphatic carbocycles. The van der Waals surface area contributed by atoms with E-state index in [9.17, 15) is 13.6 Å². The molecular formula is C25H36F2O2. The lowest BCUT2D eigenvalue weighted by Gasteiger charge is -2.37. The average Bonchev–Trinajstić information content (AvgIpc) is 2.73. The van der Waals surface area contributed by atoms with Crippen molar-refractivity contribution in [1.29, 1.82) is 0 Å². The van der Waals surface area contributed by atoms with Crippen molar-refractivity contribution >= 4 is 5.97 Å². The number of carbonyl (C=O) groups excluding carboxylic acids is 1. The van der Waals surface area contributed by atoms with E-state index in [-0.39, 0.29) is 23.2 Å². The third-order valence-electron chi connectivity index (χ3n) is 7.35. The molecule has 0 spiro atoms. The molecule has 0 radical (unpaired) electrons. The molecule has 0 N–H and O–H groups in total. The van der Waals surface area contributed by atoms with Gasteiger partial charge in [0.2, 0.25) is 0 Å². The third-order valence-corrected chi connectivity index (χ3v) is 7.35. The first-order valence-corrected chi connectivity index (χ1v) is 11.6. The largest absolute Gasteiger partial charge is 0.426 e. The molecule has 4 heteroatoms. The molecule has 3 rings (SSSR count). The smallest absolute Gasteiger partial charge is 0.314 e. The Labute approximate surface area is 174 Å². The molecule has 1 aromatic carbocycles. The van der Waals surface area contributed by atoms with Crippen LogP contribution in [0.15, 0.2) is 12.1 Å². The van der Waals surface area contributed by atoms with Crippen LogP contribution in [0.3, 0.4) is 0 Å². The van der Waals surface area contributed by atoms with Crippen LogP contribution in [-0.2, 0) is 4.79 Å². The third kappa shape index (κ3) is 6.02. The van der Waals surface area contributed by atoms with E-state index in [1.165, 1.54) is 58.3 Å². The molecule has 0 aromatic heterocycles. The van der Waals surface area contributed by atoms with E-state index in [1.54, 1.807) is 0 Å². The fraction of sp³-hybridized carbons (Fsp3) is 0.720. The summed E-state index contributed by atoms with van der Waals surface area (Å²) in [4.78, 5) is 12.5. The molecule has 2 saturated carbocycles. The average molecular weight is 407 g/mol. The fourth-order valence-electron chi connectivity index (χ4n) is 5.34.